The van der Waals surface area contributed by atoms with Crippen molar-refractivity contribution in [2.45, 2.75) is 29.9 Å². The smallest absolute Gasteiger partial charge is 0.0958 e. The molecule has 1 aliphatic heterocycles. The van der Waals surface area contributed by atoms with E-state index in [2.05, 4.69) is 15.9 Å². The van der Waals surface area contributed by atoms with E-state index in [0.29, 0.717) is 10.7 Å². The Morgan fingerprint density at radius 3 is 2.93 bits per heavy atom. The molecule has 82 valence electrons. The van der Waals surface area contributed by atoms with Crippen LogP contribution in [0.5, 0.6) is 0 Å². The molecule has 1 saturated carbocycles. The normalized spacial score (nSPS) is 42.4. The van der Waals surface area contributed by atoms with Crippen LogP contribution in [0.2, 0.25) is 0 Å². The lowest BCUT2D eigenvalue weighted by Gasteiger charge is -2.40. The summed E-state index contributed by atoms with van der Waals surface area (Å²) in [5.74, 6) is 0.599. The third-order valence-electron chi connectivity index (χ3n) is 3.02. The molecular formula is C10H17BrO3. The van der Waals surface area contributed by atoms with Gasteiger partial charge in [0.25, 0.3) is 0 Å². The Hall–Kier alpha value is 0.360. The van der Waals surface area contributed by atoms with E-state index in [4.69, 9.17) is 14.2 Å². The van der Waals surface area contributed by atoms with Crippen LogP contribution in [0.3, 0.4) is 0 Å². The van der Waals surface area contributed by atoms with Gasteiger partial charge in [-0.05, 0) is 12.8 Å². The number of alkyl halides is 1. The maximum atomic E-state index is 5.80. The van der Waals surface area contributed by atoms with Crippen molar-refractivity contribution in [3.8, 4) is 0 Å². The van der Waals surface area contributed by atoms with Gasteiger partial charge in [-0.15, -0.1) is 0 Å². The molecule has 4 atom stereocenters. The fourth-order valence-corrected chi connectivity index (χ4v) is 2.89. The summed E-state index contributed by atoms with van der Waals surface area (Å²) in [6.07, 6.45) is 2.72. The van der Waals surface area contributed by atoms with Crippen LogP contribution in [0, 0.1) is 5.92 Å². The first-order valence-corrected chi connectivity index (χ1v) is 6.09. The van der Waals surface area contributed by atoms with E-state index in [0.717, 1.165) is 32.7 Å². The highest BCUT2D eigenvalue weighted by Gasteiger charge is 2.40. The highest BCUT2D eigenvalue weighted by Crippen LogP contribution is 2.33. The first-order valence-electron chi connectivity index (χ1n) is 5.17. The summed E-state index contributed by atoms with van der Waals surface area (Å²) in [4.78, 5) is 0.470. The minimum atomic E-state index is 0.234. The quantitative estimate of drug-likeness (QED) is 0.722. The number of methoxy groups -OCH3 is 1. The van der Waals surface area contributed by atoms with Crippen LogP contribution in [0.4, 0.5) is 0 Å². The molecule has 0 aromatic rings. The fourth-order valence-electron chi connectivity index (χ4n) is 1.96. The van der Waals surface area contributed by atoms with Gasteiger partial charge in [0.15, 0.2) is 0 Å². The van der Waals surface area contributed by atoms with Crippen molar-refractivity contribution in [1.29, 1.82) is 0 Å². The van der Waals surface area contributed by atoms with Crippen LogP contribution < -0.4 is 0 Å². The van der Waals surface area contributed by atoms with Gasteiger partial charge in [-0.25, -0.2) is 0 Å². The lowest BCUT2D eigenvalue weighted by molar-refractivity contribution is -0.114. The summed E-state index contributed by atoms with van der Waals surface area (Å²) < 4.78 is 16.4. The SMILES string of the molecule is COC1C(Br)CC1OCC1CCOC1. The second-order valence-electron chi connectivity index (χ2n) is 4.05. The molecule has 4 unspecified atom stereocenters. The average molecular weight is 265 g/mol. The molecule has 0 amide bonds. The maximum Gasteiger partial charge on any atom is 0.0958 e. The third-order valence-corrected chi connectivity index (χ3v) is 3.92. The van der Waals surface area contributed by atoms with Crippen molar-refractivity contribution in [2.75, 3.05) is 26.9 Å². The Bertz CT molecular complexity index is 182. The molecule has 0 aromatic carbocycles. The zero-order valence-electron chi connectivity index (χ0n) is 8.45. The van der Waals surface area contributed by atoms with Gasteiger partial charge >= 0.3 is 0 Å². The zero-order valence-corrected chi connectivity index (χ0v) is 10.0. The third kappa shape index (κ3) is 2.30. The van der Waals surface area contributed by atoms with Crippen LogP contribution >= 0.6 is 15.9 Å². The molecule has 1 aliphatic carbocycles. The van der Waals surface area contributed by atoms with Gasteiger partial charge < -0.3 is 14.2 Å². The summed E-state index contributed by atoms with van der Waals surface area (Å²) in [7, 11) is 1.74. The largest absolute Gasteiger partial charge is 0.381 e. The van der Waals surface area contributed by atoms with E-state index in [9.17, 15) is 0 Å². The fraction of sp³-hybridized carbons (Fsp3) is 1.00. The number of halogens is 1. The molecule has 2 fully saturated rings. The first kappa shape index (κ1) is 10.9. The van der Waals surface area contributed by atoms with Gasteiger partial charge in [0, 0.05) is 24.5 Å². The van der Waals surface area contributed by atoms with Crippen LogP contribution in [-0.4, -0.2) is 44.0 Å². The van der Waals surface area contributed by atoms with Crippen LogP contribution in [0.1, 0.15) is 12.8 Å². The Morgan fingerprint density at radius 2 is 2.36 bits per heavy atom. The number of hydrogen-bond donors (Lipinski definition) is 0. The van der Waals surface area contributed by atoms with E-state index in [1.165, 1.54) is 0 Å². The highest BCUT2D eigenvalue weighted by atomic mass is 79.9. The summed E-state index contributed by atoms with van der Waals surface area (Å²) in [5.41, 5.74) is 0. The monoisotopic (exact) mass is 264 g/mol. The van der Waals surface area contributed by atoms with Gasteiger partial charge in [0.05, 0.1) is 25.4 Å². The van der Waals surface area contributed by atoms with Crippen molar-refractivity contribution in [3.63, 3.8) is 0 Å². The van der Waals surface area contributed by atoms with Crippen LogP contribution in [0.25, 0.3) is 0 Å². The van der Waals surface area contributed by atoms with Gasteiger partial charge in [-0.2, -0.15) is 0 Å². The number of ether oxygens (including phenoxy) is 3. The zero-order chi connectivity index (χ0) is 9.97. The molecule has 0 N–H and O–H groups in total. The standard InChI is InChI=1S/C10H17BrO3/c1-12-10-8(11)4-9(10)14-6-7-2-3-13-5-7/h7-10H,2-6H2,1H3. The molecule has 2 rings (SSSR count). The molecule has 3 nitrogen and oxygen atoms in total. The van der Waals surface area contributed by atoms with Gasteiger partial charge in [0.1, 0.15) is 0 Å². The van der Waals surface area contributed by atoms with E-state index in [1.807, 2.05) is 0 Å². The summed E-state index contributed by atoms with van der Waals surface area (Å²) in [6, 6.07) is 0. The molecule has 0 bridgehead atoms. The molecule has 1 saturated heterocycles. The molecule has 0 radical (unpaired) electrons. The van der Waals surface area contributed by atoms with Crippen LogP contribution in [0.15, 0.2) is 0 Å². The summed E-state index contributed by atoms with van der Waals surface area (Å²) >= 11 is 3.55. The Labute approximate surface area is 93.2 Å². The molecule has 2 aliphatic rings. The second kappa shape index (κ2) is 4.92. The number of rotatable bonds is 4. The van der Waals surface area contributed by atoms with E-state index in [1.54, 1.807) is 7.11 Å². The van der Waals surface area contributed by atoms with Crippen molar-refractivity contribution in [2.24, 2.45) is 5.92 Å². The minimum Gasteiger partial charge on any atom is -0.381 e. The van der Waals surface area contributed by atoms with Crippen molar-refractivity contribution in [3.05, 3.63) is 0 Å². The predicted molar refractivity (Wildman–Crippen MR) is 56.8 cm³/mol. The Morgan fingerprint density at radius 1 is 1.50 bits per heavy atom. The van der Waals surface area contributed by atoms with E-state index >= 15 is 0 Å². The van der Waals surface area contributed by atoms with Crippen molar-refractivity contribution >= 4 is 15.9 Å². The Kier molecular flexibility index (Phi) is 3.82. The van der Waals surface area contributed by atoms with Crippen LogP contribution in [-0.2, 0) is 14.2 Å². The van der Waals surface area contributed by atoms with Crippen molar-refractivity contribution in [1.82, 2.24) is 0 Å². The molecule has 4 heteroatoms. The average Bonchev–Trinajstić information content (AvgIpc) is 2.65. The first-order chi connectivity index (χ1) is 6.81. The lowest BCUT2D eigenvalue weighted by Crippen LogP contribution is -2.50. The topological polar surface area (TPSA) is 27.7 Å². The maximum absolute atomic E-state index is 5.80. The molecule has 14 heavy (non-hydrogen) atoms. The van der Waals surface area contributed by atoms with E-state index in [-0.39, 0.29) is 12.2 Å². The summed E-state index contributed by atoms with van der Waals surface area (Å²) in [6.45, 7) is 2.58. The predicted octanol–water partition coefficient (Wildman–Crippen LogP) is 1.59. The summed E-state index contributed by atoms with van der Waals surface area (Å²) in [5, 5.41) is 0. The molecule has 1 heterocycles. The molecule has 0 spiro atoms. The number of hydrogen-bond acceptors (Lipinski definition) is 3. The lowest BCUT2D eigenvalue weighted by atomic mass is 9.91. The molecule has 0 aromatic heterocycles. The van der Waals surface area contributed by atoms with Gasteiger partial charge in [0.2, 0.25) is 0 Å². The van der Waals surface area contributed by atoms with E-state index < -0.39 is 0 Å². The molecular weight excluding hydrogens is 248 g/mol. The van der Waals surface area contributed by atoms with Crippen molar-refractivity contribution < 1.29 is 14.2 Å². The Balaban J connectivity index is 1.65. The second-order valence-corrected chi connectivity index (χ2v) is 5.23. The van der Waals surface area contributed by atoms with Gasteiger partial charge in [-0.3, -0.25) is 0 Å². The minimum absolute atomic E-state index is 0.234. The highest BCUT2D eigenvalue weighted by molar-refractivity contribution is 9.09. The van der Waals surface area contributed by atoms with Gasteiger partial charge in [-0.1, -0.05) is 15.9 Å².